The molecule has 0 fully saturated rings. The SMILES string of the molecule is Clc1ccc(CN/N=C\c2cc(Cl)ccc2OCc2ccc(Cl)cc2Cl)cc1. The van der Waals surface area contributed by atoms with Crippen LogP contribution >= 0.6 is 46.4 Å². The molecule has 7 heteroatoms. The second kappa shape index (κ2) is 10.0. The molecule has 3 aromatic rings. The fraction of sp³-hybridized carbons (Fsp3) is 0.0952. The van der Waals surface area contributed by atoms with Crippen LogP contribution in [0.15, 0.2) is 65.8 Å². The molecule has 144 valence electrons. The minimum Gasteiger partial charge on any atom is -0.488 e. The third kappa shape index (κ3) is 6.05. The van der Waals surface area contributed by atoms with Crippen molar-refractivity contribution >= 4 is 52.6 Å². The standard InChI is InChI=1S/C21H16Cl4N2O/c22-17-4-1-14(2-5-17)11-26-27-12-16-9-18(23)7-8-21(16)28-13-15-3-6-19(24)10-20(15)25/h1-10,12,26H,11,13H2/b27-12-. The van der Waals surface area contributed by atoms with Crippen molar-refractivity contribution in [1.82, 2.24) is 5.43 Å². The molecule has 3 nitrogen and oxygen atoms in total. The number of hydrogen-bond acceptors (Lipinski definition) is 3. The number of ether oxygens (including phenoxy) is 1. The Morgan fingerprint density at radius 3 is 2.25 bits per heavy atom. The highest BCUT2D eigenvalue weighted by molar-refractivity contribution is 6.35. The summed E-state index contributed by atoms with van der Waals surface area (Å²) in [6.07, 6.45) is 1.67. The molecule has 0 unspecified atom stereocenters. The van der Waals surface area contributed by atoms with Crippen molar-refractivity contribution in [2.75, 3.05) is 0 Å². The predicted octanol–water partition coefficient (Wildman–Crippen LogP) is 7.00. The van der Waals surface area contributed by atoms with Gasteiger partial charge >= 0.3 is 0 Å². The Kier molecular flexibility index (Phi) is 7.46. The third-order valence-corrected chi connectivity index (χ3v) is 4.94. The van der Waals surface area contributed by atoms with Gasteiger partial charge in [0.1, 0.15) is 12.4 Å². The van der Waals surface area contributed by atoms with E-state index in [0.717, 1.165) is 16.7 Å². The molecule has 0 saturated heterocycles. The van der Waals surface area contributed by atoms with E-state index in [4.69, 9.17) is 51.1 Å². The normalized spacial score (nSPS) is 11.0. The van der Waals surface area contributed by atoms with Gasteiger partial charge in [0.15, 0.2) is 0 Å². The first-order valence-corrected chi connectivity index (χ1v) is 9.89. The van der Waals surface area contributed by atoms with E-state index >= 15 is 0 Å². The summed E-state index contributed by atoms with van der Waals surface area (Å²) >= 11 is 24.1. The maximum absolute atomic E-state index is 6.20. The maximum Gasteiger partial charge on any atom is 0.128 e. The highest BCUT2D eigenvalue weighted by atomic mass is 35.5. The van der Waals surface area contributed by atoms with Crippen molar-refractivity contribution in [3.05, 3.63) is 97.4 Å². The zero-order chi connectivity index (χ0) is 19.9. The number of rotatable bonds is 7. The molecule has 0 spiro atoms. The fourth-order valence-corrected chi connectivity index (χ4v) is 3.17. The first-order chi connectivity index (χ1) is 13.5. The summed E-state index contributed by atoms with van der Waals surface area (Å²) in [6, 6.07) is 18.2. The van der Waals surface area contributed by atoms with E-state index in [9.17, 15) is 0 Å². The predicted molar refractivity (Wildman–Crippen MR) is 118 cm³/mol. The second-order valence-electron chi connectivity index (χ2n) is 5.93. The molecule has 1 N–H and O–H groups in total. The third-order valence-electron chi connectivity index (χ3n) is 3.86. The van der Waals surface area contributed by atoms with Gasteiger partial charge in [-0.2, -0.15) is 5.10 Å². The Bertz CT molecular complexity index is 975. The van der Waals surface area contributed by atoms with Gasteiger partial charge in [-0.25, -0.2) is 0 Å². The van der Waals surface area contributed by atoms with Gasteiger partial charge in [0, 0.05) is 31.2 Å². The molecule has 0 amide bonds. The van der Waals surface area contributed by atoms with Gasteiger partial charge in [0.05, 0.1) is 12.8 Å². The number of nitrogens with one attached hydrogen (secondary N) is 1. The van der Waals surface area contributed by atoms with Crippen LogP contribution in [-0.2, 0) is 13.2 Å². The van der Waals surface area contributed by atoms with Crippen LogP contribution < -0.4 is 10.2 Å². The molecule has 0 aliphatic carbocycles. The lowest BCUT2D eigenvalue weighted by Gasteiger charge is -2.11. The topological polar surface area (TPSA) is 33.6 Å². The van der Waals surface area contributed by atoms with E-state index in [-0.39, 0.29) is 0 Å². The Morgan fingerprint density at radius 2 is 1.50 bits per heavy atom. The fourth-order valence-electron chi connectivity index (χ4n) is 2.40. The molecule has 0 bridgehead atoms. The molecule has 0 heterocycles. The zero-order valence-electron chi connectivity index (χ0n) is 14.6. The van der Waals surface area contributed by atoms with Crippen LogP contribution in [0, 0.1) is 0 Å². The molecule has 0 aliphatic rings. The summed E-state index contributed by atoms with van der Waals surface area (Å²) in [5.74, 6) is 0.646. The van der Waals surface area contributed by atoms with Gasteiger partial charge < -0.3 is 10.2 Å². The van der Waals surface area contributed by atoms with E-state index in [2.05, 4.69) is 10.5 Å². The van der Waals surface area contributed by atoms with E-state index in [0.29, 0.717) is 39.0 Å². The van der Waals surface area contributed by atoms with E-state index in [1.807, 2.05) is 30.3 Å². The molecule has 0 aliphatic heterocycles. The molecule has 28 heavy (non-hydrogen) atoms. The van der Waals surface area contributed by atoms with E-state index in [1.165, 1.54) is 0 Å². The van der Waals surface area contributed by atoms with Gasteiger partial charge in [-0.15, -0.1) is 0 Å². The van der Waals surface area contributed by atoms with Crippen molar-refractivity contribution in [2.45, 2.75) is 13.2 Å². The summed E-state index contributed by atoms with van der Waals surface area (Å²) in [5.41, 5.74) is 5.66. The Balaban J connectivity index is 1.65. The van der Waals surface area contributed by atoms with Crippen LogP contribution in [0.25, 0.3) is 0 Å². The summed E-state index contributed by atoms with van der Waals surface area (Å²) < 4.78 is 5.91. The number of benzene rings is 3. The largest absolute Gasteiger partial charge is 0.488 e. The molecule has 3 rings (SSSR count). The van der Waals surface area contributed by atoms with Crippen molar-refractivity contribution < 1.29 is 4.74 Å². The summed E-state index contributed by atoms with van der Waals surface area (Å²) in [6.45, 7) is 0.876. The molecule has 0 saturated carbocycles. The van der Waals surface area contributed by atoms with Gasteiger partial charge in [0.25, 0.3) is 0 Å². The summed E-state index contributed by atoms with van der Waals surface area (Å²) in [4.78, 5) is 0. The number of halogens is 4. The molecule has 3 aromatic carbocycles. The van der Waals surface area contributed by atoms with Gasteiger partial charge in [-0.05, 0) is 48.0 Å². The van der Waals surface area contributed by atoms with Gasteiger partial charge in [-0.1, -0.05) is 64.6 Å². The highest BCUT2D eigenvalue weighted by Gasteiger charge is 2.06. The van der Waals surface area contributed by atoms with Crippen LogP contribution in [0.3, 0.4) is 0 Å². The van der Waals surface area contributed by atoms with Crippen LogP contribution in [0.4, 0.5) is 0 Å². The average Bonchev–Trinajstić information content (AvgIpc) is 2.67. The lowest BCUT2D eigenvalue weighted by molar-refractivity contribution is 0.306. The van der Waals surface area contributed by atoms with Crippen LogP contribution in [-0.4, -0.2) is 6.21 Å². The first kappa shape index (κ1) is 20.8. The lowest BCUT2D eigenvalue weighted by Crippen LogP contribution is -2.06. The Labute approximate surface area is 183 Å². The van der Waals surface area contributed by atoms with Crippen molar-refractivity contribution in [1.29, 1.82) is 0 Å². The lowest BCUT2D eigenvalue weighted by atomic mass is 10.2. The van der Waals surface area contributed by atoms with E-state index < -0.39 is 0 Å². The summed E-state index contributed by atoms with van der Waals surface area (Å²) in [5, 5.41) is 6.69. The molecule has 0 radical (unpaired) electrons. The highest BCUT2D eigenvalue weighted by Crippen LogP contribution is 2.25. The van der Waals surface area contributed by atoms with Gasteiger partial charge in [0.2, 0.25) is 0 Å². The Morgan fingerprint density at radius 1 is 0.821 bits per heavy atom. The quantitative estimate of drug-likeness (QED) is 0.308. The number of hydrogen-bond donors (Lipinski definition) is 1. The minimum absolute atomic E-state index is 0.302. The molecule has 0 aromatic heterocycles. The maximum atomic E-state index is 6.20. The summed E-state index contributed by atoms with van der Waals surface area (Å²) in [7, 11) is 0. The minimum atomic E-state index is 0.302. The number of hydrazone groups is 1. The van der Waals surface area contributed by atoms with Crippen LogP contribution in [0.2, 0.25) is 20.1 Å². The smallest absolute Gasteiger partial charge is 0.128 e. The van der Waals surface area contributed by atoms with E-state index in [1.54, 1.807) is 36.5 Å². The Hall–Kier alpha value is -1.91. The molecule has 0 atom stereocenters. The van der Waals surface area contributed by atoms with Crippen molar-refractivity contribution in [3.8, 4) is 5.75 Å². The average molecular weight is 454 g/mol. The monoisotopic (exact) mass is 452 g/mol. The van der Waals surface area contributed by atoms with Crippen LogP contribution in [0.5, 0.6) is 5.75 Å². The second-order valence-corrected chi connectivity index (χ2v) is 7.64. The first-order valence-electron chi connectivity index (χ1n) is 8.38. The van der Waals surface area contributed by atoms with Crippen LogP contribution in [0.1, 0.15) is 16.7 Å². The van der Waals surface area contributed by atoms with Gasteiger partial charge in [-0.3, -0.25) is 0 Å². The van der Waals surface area contributed by atoms with Crippen molar-refractivity contribution in [2.24, 2.45) is 5.10 Å². The molecular weight excluding hydrogens is 438 g/mol. The zero-order valence-corrected chi connectivity index (χ0v) is 17.7. The number of nitrogens with zero attached hydrogens (tertiary/aromatic N) is 1. The molecular formula is C21H16Cl4N2O. The van der Waals surface area contributed by atoms with Crippen molar-refractivity contribution in [3.63, 3.8) is 0 Å².